The smallest absolute Gasteiger partial charge is 0.0653 e. The van der Waals surface area contributed by atoms with Gasteiger partial charge in [0.25, 0.3) is 0 Å². The van der Waals surface area contributed by atoms with Gasteiger partial charge in [0.05, 0.1) is 20.8 Å². The van der Waals surface area contributed by atoms with Gasteiger partial charge in [0.1, 0.15) is 0 Å². The molecule has 2 aliphatic carbocycles. The number of rotatable bonds is 2. The first-order valence-electron chi connectivity index (χ1n) is 7.02. The van der Waals surface area contributed by atoms with Crippen molar-refractivity contribution in [1.82, 2.24) is 0 Å². The molecule has 19 heavy (non-hydrogen) atoms. The molecule has 0 bridgehead atoms. The van der Waals surface area contributed by atoms with E-state index in [4.69, 9.17) is 34.8 Å². The Balaban J connectivity index is 1.76. The number of hydrogen-bond acceptors (Lipinski definition) is 1. The summed E-state index contributed by atoms with van der Waals surface area (Å²) >= 11 is 18.3. The molecule has 1 nitrogen and oxygen atoms in total. The molecule has 0 aliphatic heterocycles. The zero-order chi connectivity index (χ0) is 13.5. The summed E-state index contributed by atoms with van der Waals surface area (Å²) in [7, 11) is 0. The van der Waals surface area contributed by atoms with E-state index in [1.807, 2.05) is 6.07 Å². The van der Waals surface area contributed by atoms with E-state index in [9.17, 15) is 0 Å². The van der Waals surface area contributed by atoms with Crippen molar-refractivity contribution in [2.24, 2.45) is 5.41 Å². The molecule has 1 aromatic rings. The number of halogens is 3. The van der Waals surface area contributed by atoms with E-state index in [1.54, 1.807) is 6.07 Å². The summed E-state index contributed by atoms with van der Waals surface area (Å²) < 4.78 is 0. The van der Waals surface area contributed by atoms with Gasteiger partial charge in [-0.1, -0.05) is 54.1 Å². The SMILES string of the molecule is Clc1cc(Cl)c(NC2CCC23CCCCC3)cc1Cl. The number of hydrogen-bond donors (Lipinski definition) is 1. The molecular weight excluding hydrogens is 301 g/mol. The first-order chi connectivity index (χ1) is 9.11. The van der Waals surface area contributed by atoms with Gasteiger partial charge in [-0.3, -0.25) is 0 Å². The Labute approximate surface area is 129 Å². The van der Waals surface area contributed by atoms with E-state index >= 15 is 0 Å². The Kier molecular flexibility index (Phi) is 3.90. The van der Waals surface area contributed by atoms with Crippen molar-refractivity contribution in [3.05, 3.63) is 27.2 Å². The third-order valence-corrected chi connectivity index (χ3v) is 5.89. The van der Waals surface area contributed by atoms with Gasteiger partial charge < -0.3 is 5.32 Å². The summed E-state index contributed by atoms with van der Waals surface area (Å²) in [5.41, 5.74) is 1.43. The summed E-state index contributed by atoms with van der Waals surface area (Å²) in [6.07, 6.45) is 9.41. The highest BCUT2D eigenvalue weighted by atomic mass is 35.5. The second-order valence-electron chi connectivity index (χ2n) is 5.90. The number of benzene rings is 1. The quantitative estimate of drug-likeness (QED) is 0.643. The van der Waals surface area contributed by atoms with Gasteiger partial charge >= 0.3 is 0 Å². The Hall–Kier alpha value is -0.110. The average molecular weight is 319 g/mol. The topological polar surface area (TPSA) is 12.0 Å². The summed E-state index contributed by atoms with van der Waals surface area (Å²) in [5.74, 6) is 0. The molecule has 0 radical (unpaired) electrons. The van der Waals surface area contributed by atoms with Crippen molar-refractivity contribution in [1.29, 1.82) is 0 Å². The van der Waals surface area contributed by atoms with Gasteiger partial charge in [-0.15, -0.1) is 0 Å². The monoisotopic (exact) mass is 317 g/mol. The second kappa shape index (κ2) is 5.35. The largest absolute Gasteiger partial charge is 0.381 e. The molecule has 1 atom stereocenters. The van der Waals surface area contributed by atoms with Crippen LogP contribution in [0.2, 0.25) is 15.1 Å². The molecule has 104 valence electrons. The maximum Gasteiger partial charge on any atom is 0.0653 e. The molecule has 1 N–H and O–H groups in total. The van der Waals surface area contributed by atoms with Crippen molar-refractivity contribution in [2.45, 2.75) is 51.0 Å². The van der Waals surface area contributed by atoms with Crippen LogP contribution in [-0.2, 0) is 0 Å². The molecular formula is C15H18Cl3N. The van der Waals surface area contributed by atoms with E-state index < -0.39 is 0 Å². The lowest BCUT2D eigenvalue weighted by molar-refractivity contribution is 0.0571. The third kappa shape index (κ3) is 2.57. The molecule has 1 unspecified atom stereocenters. The van der Waals surface area contributed by atoms with Gasteiger partial charge in [-0.05, 0) is 43.2 Å². The number of nitrogens with one attached hydrogen (secondary N) is 1. The lowest BCUT2D eigenvalue weighted by Gasteiger charge is -2.52. The maximum absolute atomic E-state index is 6.25. The molecule has 0 amide bonds. The van der Waals surface area contributed by atoms with Crippen LogP contribution in [0.15, 0.2) is 12.1 Å². The minimum absolute atomic E-state index is 0.508. The minimum Gasteiger partial charge on any atom is -0.381 e. The Morgan fingerprint density at radius 3 is 2.21 bits per heavy atom. The van der Waals surface area contributed by atoms with Crippen molar-refractivity contribution in [2.75, 3.05) is 5.32 Å². The molecule has 3 rings (SSSR count). The predicted molar refractivity (Wildman–Crippen MR) is 83.6 cm³/mol. The summed E-state index contributed by atoms with van der Waals surface area (Å²) in [4.78, 5) is 0. The van der Waals surface area contributed by atoms with Crippen LogP contribution in [0, 0.1) is 5.41 Å². The van der Waals surface area contributed by atoms with Crippen LogP contribution in [0.1, 0.15) is 44.9 Å². The van der Waals surface area contributed by atoms with Gasteiger partial charge in [-0.25, -0.2) is 0 Å². The fourth-order valence-corrected chi connectivity index (χ4v) is 4.20. The normalized spacial score (nSPS) is 25.1. The summed E-state index contributed by atoms with van der Waals surface area (Å²) in [5, 5.41) is 5.33. The molecule has 0 heterocycles. The van der Waals surface area contributed by atoms with Crippen LogP contribution in [0.3, 0.4) is 0 Å². The zero-order valence-electron chi connectivity index (χ0n) is 10.8. The van der Waals surface area contributed by atoms with Crippen LogP contribution in [0.4, 0.5) is 5.69 Å². The molecule has 2 saturated carbocycles. The molecule has 2 fully saturated rings. The van der Waals surface area contributed by atoms with Crippen LogP contribution < -0.4 is 5.32 Å². The van der Waals surface area contributed by atoms with Gasteiger partial charge in [0.15, 0.2) is 0 Å². The van der Waals surface area contributed by atoms with Crippen LogP contribution >= 0.6 is 34.8 Å². The maximum atomic E-state index is 6.25. The highest BCUT2D eigenvalue weighted by Crippen LogP contribution is 2.53. The Bertz CT molecular complexity index is 481. The van der Waals surface area contributed by atoms with Crippen molar-refractivity contribution < 1.29 is 0 Å². The Morgan fingerprint density at radius 1 is 0.895 bits per heavy atom. The summed E-state index contributed by atoms with van der Waals surface area (Å²) in [6.45, 7) is 0. The van der Waals surface area contributed by atoms with Crippen molar-refractivity contribution >= 4 is 40.5 Å². The fourth-order valence-electron chi connectivity index (χ4n) is 3.60. The highest BCUT2D eigenvalue weighted by Gasteiger charge is 2.46. The first kappa shape index (κ1) is 13.9. The third-order valence-electron chi connectivity index (χ3n) is 4.86. The standard InChI is InChI=1S/C15H18Cl3N/c16-10-8-12(18)13(9-11(10)17)19-14-4-7-15(14)5-2-1-3-6-15/h8-9,14,19H,1-7H2. The lowest BCUT2D eigenvalue weighted by atomic mass is 9.57. The zero-order valence-corrected chi connectivity index (χ0v) is 13.1. The van der Waals surface area contributed by atoms with Crippen LogP contribution in [-0.4, -0.2) is 6.04 Å². The minimum atomic E-state index is 0.508. The summed E-state index contributed by atoms with van der Waals surface area (Å²) in [6, 6.07) is 4.11. The molecule has 1 spiro atoms. The molecule has 0 saturated heterocycles. The predicted octanol–water partition coefficient (Wildman–Crippen LogP) is 6.17. The highest BCUT2D eigenvalue weighted by molar-refractivity contribution is 6.44. The van der Waals surface area contributed by atoms with Gasteiger partial charge in [0, 0.05) is 6.04 Å². The lowest BCUT2D eigenvalue weighted by Crippen LogP contribution is -2.50. The van der Waals surface area contributed by atoms with Crippen LogP contribution in [0.25, 0.3) is 0 Å². The van der Waals surface area contributed by atoms with Gasteiger partial charge in [-0.2, -0.15) is 0 Å². The van der Waals surface area contributed by atoms with Crippen molar-refractivity contribution in [3.63, 3.8) is 0 Å². The van der Waals surface area contributed by atoms with Gasteiger partial charge in [0.2, 0.25) is 0 Å². The van der Waals surface area contributed by atoms with E-state index in [-0.39, 0.29) is 0 Å². The fraction of sp³-hybridized carbons (Fsp3) is 0.600. The molecule has 0 aromatic heterocycles. The van der Waals surface area contributed by atoms with E-state index in [0.717, 1.165) is 5.69 Å². The second-order valence-corrected chi connectivity index (χ2v) is 7.13. The Morgan fingerprint density at radius 2 is 1.58 bits per heavy atom. The van der Waals surface area contributed by atoms with Crippen molar-refractivity contribution in [3.8, 4) is 0 Å². The van der Waals surface area contributed by atoms with E-state index in [2.05, 4.69) is 5.32 Å². The molecule has 2 aliphatic rings. The molecule has 1 aromatic carbocycles. The average Bonchev–Trinajstić information content (AvgIpc) is 2.41. The first-order valence-corrected chi connectivity index (χ1v) is 8.15. The van der Waals surface area contributed by atoms with E-state index in [1.165, 1.54) is 44.9 Å². The number of anilines is 1. The van der Waals surface area contributed by atoms with E-state index in [0.29, 0.717) is 26.5 Å². The van der Waals surface area contributed by atoms with Crippen LogP contribution in [0.5, 0.6) is 0 Å². The molecule has 4 heteroatoms.